The van der Waals surface area contributed by atoms with Crippen LogP contribution < -0.4 is 10.2 Å². The average Bonchev–Trinajstić information content (AvgIpc) is 2.84. The molecule has 0 radical (unpaired) electrons. The number of aromatic nitrogens is 2. The van der Waals surface area contributed by atoms with Gasteiger partial charge in [0.05, 0.1) is 17.1 Å². The maximum absolute atomic E-state index is 13.3. The summed E-state index contributed by atoms with van der Waals surface area (Å²) < 4.78 is 5.89. The molecule has 2 aromatic heterocycles. The standard InChI is InChI=1S/C26H26N4O2/c1-2-32-21-14-16-30(20-8-4-3-5-9-20)23(17-21)29-26(31)22-13-12-19-11-10-18-7-6-15-27-24(18)25(19)28-22/h3-13,15,21,23H,2,14,16-17H2,1H3,(H,29,31). The van der Waals surface area contributed by atoms with Crippen molar-refractivity contribution in [1.29, 1.82) is 0 Å². The molecule has 1 saturated heterocycles. The number of pyridine rings is 2. The topological polar surface area (TPSA) is 67.3 Å². The van der Waals surface area contributed by atoms with E-state index < -0.39 is 0 Å². The van der Waals surface area contributed by atoms with Crippen molar-refractivity contribution in [2.75, 3.05) is 18.1 Å². The molecule has 0 saturated carbocycles. The fraction of sp³-hybridized carbons (Fsp3) is 0.269. The lowest BCUT2D eigenvalue weighted by molar-refractivity contribution is 0.0324. The zero-order valence-corrected chi connectivity index (χ0v) is 18.1. The summed E-state index contributed by atoms with van der Waals surface area (Å²) in [6.07, 6.45) is 3.37. The summed E-state index contributed by atoms with van der Waals surface area (Å²) in [6, 6.07) is 21.9. The summed E-state index contributed by atoms with van der Waals surface area (Å²) in [4.78, 5) is 24.7. The van der Waals surface area contributed by atoms with Gasteiger partial charge >= 0.3 is 0 Å². The second-order valence-electron chi connectivity index (χ2n) is 8.03. The van der Waals surface area contributed by atoms with Crippen LogP contribution in [0.3, 0.4) is 0 Å². The van der Waals surface area contributed by atoms with Gasteiger partial charge in [0.2, 0.25) is 0 Å². The summed E-state index contributed by atoms with van der Waals surface area (Å²) in [5.41, 5.74) is 3.03. The highest BCUT2D eigenvalue weighted by atomic mass is 16.5. The van der Waals surface area contributed by atoms with Crippen LogP contribution in [0.1, 0.15) is 30.3 Å². The zero-order chi connectivity index (χ0) is 21.9. The van der Waals surface area contributed by atoms with Crippen molar-refractivity contribution in [1.82, 2.24) is 15.3 Å². The number of nitrogens with one attached hydrogen (secondary N) is 1. The molecule has 1 N–H and O–H groups in total. The number of amides is 1. The van der Waals surface area contributed by atoms with Crippen LogP contribution >= 0.6 is 0 Å². The predicted molar refractivity (Wildman–Crippen MR) is 127 cm³/mol. The van der Waals surface area contributed by atoms with Crippen LogP contribution in [0.25, 0.3) is 21.8 Å². The third kappa shape index (κ3) is 4.01. The molecule has 6 nitrogen and oxygen atoms in total. The number of hydrogen-bond acceptors (Lipinski definition) is 5. The molecular formula is C26H26N4O2. The van der Waals surface area contributed by atoms with E-state index in [4.69, 9.17) is 9.72 Å². The molecule has 2 unspecified atom stereocenters. The first-order chi connectivity index (χ1) is 15.7. The maximum atomic E-state index is 13.3. The minimum absolute atomic E-state index is 0.128. The fourth-order valence-electron chi connectivity index (χ4n) is 4.46. The van der Waals surface area contributed by atoms with Gasteiger partial charge in [0, 0.05) is 42.2 Å². The van der Waals surface area contributed by atoms with Crippen LogP contribution in [0, 0.1) is 0 Å². The molecule has 32 heavy (non-hydrogen) atoms. The normalized spacial score (nSPS) is 18.7. The molecule has 0 bridgehead atoms. The minimum Gasteiger partial charge on any atom is -0.378 e. The summed E-state index contributed by atoms with van der Waals surface area (Å²) in [5.74, 6) is -0.192. The third-order valence-electron chi connectivity index (χ3n) is 6.01. The van der Waals surface area contributed by atoms with E-state index in [-0.39, 0.29) is 18.2 Å². The van der Waals surface area contributed by atoms with E-state index >= 15 is 0 Å². The number of carbonyl (C=O) groups excluding carboxylic acids is 1. The largest absolute Gasteiger partial charge is 0.378 e. The van der Waals surface area contributed by atoms with Crippen LogP contribution in [-0.4, -0.2) is 41.3 Å². The van der Waals surface area contributed by atoms with Gasteiger partial charge in [-0.2, -0.15) is 0 Å². The van der Waals surface area contributed by atoms with Gasteiger partial charge in [-0.25, -0.2) is 4.98 Å². The van der Waals surface area contributed by atoms with E-state index in [2.05, 4.69) is 27.3 Å². The number of hydrogen-bond donors (Lipinski definition) is 1. The molecule has 0 aliphatic carbocycles. The first-order valence-electron chi connectivity index (χ1n) is 11.1. The molecule has 1 aliphatic heterocycles. The number of nitrogens with zero attached hydrogens (tertiary/aromatic N) is 3. The second kappa shape index (κ2) is 8.93. The highest BCUT2D eigenvalue weighted by Crippen LogP contribution is 2.26. The van der Waals surface area contributed by atoms with E-state index in [1.165, 1.54) is 0 Å². The summed E-state index contributed by atoms with van der Waals surface area (Å²) in [6.45, 7) is 3.50. The minimum atomic E-state index is -0.192. The van der Waals surface area contributed by atoms with Crippen LogP contribution in [0.15, 0.2) is 72.9 Å². The van der Waals surface area contributed by atoms with Crippen molar-refractivity contribution in [2.45, 2.75) is 32.0 Å². The Balaban J connectivity index is 1.44. The van der Waals surface area contributed by atoms with Gasteiger partial charge in [-0.3, -0.25) is 9.78 Å². The molecule has 1 aliphatic rings. The van der Waals surface area contributed by atoms with Crippen molar-refractivity contribution in [3.63, 3.8) is 0 Å². The van der Waals surface area contributed by atoms with Gasteiger partial charge in [0.15, 0.2) is 0 Å². The first kappa shape index (κ1) is 20.4. The number of para-hydroxylation sites is 1. The number of piperidine rings is 1. The average molecular weight is 427 g/mol. The smallest absolute Gasteiger partial charge is 0.271 e. The molecule has 1 amide bonds. The summed E-state index contributed by atoms with van der Waals surface area (Å²) in [7, 11) is 0. The monoisotopic (exact) mass is 426 g/mol. The van der Waals surface area contributed by atoms with Crippen molar-refractivity contribution in [3.05, 3.63) is 78.6 Å². The molecule has 3 heterocycles. The van der Waals surface area contributed by atoms with E-state index in [0.717, 1.165) is 46.9 Å². The van der Waals surface area contributed by atoms with Gasteiger partial charge in [0.1, 0.15) is 11.9 Å². The Morgan fingerprint density at radius 2 is 1.81 bits per heavy atom. The Morgan fingerprint density at radius 3 is 2.62 bits per heavy atom. The van der Waals surface area contributed by atoms with Gasteiger partial charge in [-0.1, -0.05) is 42.5 Å². The molecular weight excluding hydrogens is 400 g/mol. The van der Waals surface area contributed by atoms with Gasteiger partial charge in [-0.15, -0.1) is 0 Å². The van der Waals surface area contributed by atoms with Crippen LogP contribution in [-0.2, 0) is 4.74 Å². The summed E-state index contributed by atoms with van der Waals surface area (Å²) >= 11 is 0. The molecule has 6 heteroatoms. The lowest BCUT2D eigenvalue weighted by Crippen LogP contribution is -2.54. The number of ether oxygens (including phenoxy) is 1. The van der Waals surface area contributed by atoms with Crippen LogP contribution in [0.2, 0.25) is 0 Å². The molecule has 5 rings (SSSR count). The molecule has 4 aromatic rings. The second-order valence-corrected chi connectivity index (χ2v) is 8.03. The van der Waals surface area contributed by atoms with Gasteiger partial charge in [0.25, 0.3) is 5.91 Å². The Kier molecular flexibility index (Phi) is 5.69. The Hall–Kier alpha value is -3.51. The van der Waals surface area contributed by atoms with E-state index in [9.17, 15) is 4.79 Å². The Morgan fingerprint density at radius 1 is 1.03 bits per heavy atom. The quantitative estimate of drug-likeness (QED) is 0.475. The van der Waals surface area contributed by atoms with Crippen LogP contribution in [0.4, 0.5) is 5.69 Å². The van der Waals surface area contributed by atoms with E-state index in [1.807, 2.05) is 55.5 Å². The SMILES string of the molecule is CCOC1CCN(c2ccccc2)C(NC(=O)c2ccc3ccc4cccnc4c3n2)C1. The Bertz CT molecular complexity index is 1240. The third-order valence-corrected chi connectivity index (χ3v) is 6.01. The predicted octanol–water partition coefficient (Wildman–Crippen LogP) is 4.54. The molecule has 2 atom stereocenters. The van der Waals surface area contributed by atoms with Crippen molar-refractivity contribution < 1.29 is 9.53 Å². The number of fused-ring (bicyclic) bond motifs is 3. The number of carbonyl (C=O) groups is 1. The molecule has 162 valence electrons. The molecule has 1 fully saturated rings. The summed E-state index contributed by atoms with van der Waals surface area (Å²) in [5, 5.41) is 5.18. The fourth-order valence-corrected chi connectivity index (χ4v) is 4.46. The lowest BCUT2D eigenvalue weighted by Gasteiger charge is -2.41. The number of anilines is 1. The van der Waals surface area contributed by atoms with Crippen LogP contribution in [0.5, 0.6) is 0 Å². The van der Waals surface area contributed by atoms with Gasteiger partial charge < -0.3 is 15.0 Å². The molecule has 0 spiro atoms. The van der Waals surface area contributed by atoms with Crippen molar-refractivity contribution in [3.8, 4) is 0 Å². The molecule has 2 aromatic carbocycles. The highest BCUT2D eigenvalue weighted by molar-refractivity contribution is 6.04. The maximum Gasteiger partial charge on any atom is 0.271 e. The van der Waals surface area contributed by atoms with Crippen molar-refractivity contribution >= 4 is 33.4 Å². The van der Waals surface area contributed by atoms with E-state index in [0.29, 0.717) is 12.3 Å². The zero-order valence-electron chi connectivity index (χ0n) is 18.1. The first-order valence-corrected chi connectivity index (χ1v) is 11.1. The van der Waals surface area contributed by atoms with Gasteiger partial charge in [-0.05, 0) is 37.6 Å². The van der Waals surface area contributed by atoms with E-state index in [1.54, 1.807) is 12.3 Å². The highest BCUT2D eigenvalue weighted by Gasteiger charge is 2.30. The Labute approximate surface area is 187 Å². The van der Waals surface area contributed by atoms with Crippen molar-refractivity contribution in [2.24, 2.45) is 0 Å². The number of benzene rings is 2. The number of rotatable bonds is 5. The lowest BCUT2D eigenvalue weighted by atomic mass is 10.0.